The maximum atomic E-state index is 13.4. The Labute approximate surface area is 177 Å². The van der Waals surface area contributed by atoms with Crippen molar-refractivity contribution in [3.05, 3.63) is 29.8 Å². The lowest BCUT2D eigenvalue weighted by molar-refractivity contribution is 0.0784. The van der Waals surface area contributed by atoms with Gasteiger partial charge in [0, 0.05) is 62.3 Å². The number of rotatable bonds is 4. The number of methoxy groups -OCH3 is 1. The first kappa shape index (κ1) is 18.6. The molecule has 0 aromatic carbocycles. The molecule has 1 N–H and O–H groups in total. The Morgan fingerprint density at radius 2 is 2.19 bits per heavy atom. The first-order valence-electron chi connectivity index (χ1n) is 10.4. The lowest BCUT2D eigenvalue weighted by atomic mass is 10.1. The molecule has 0 unspecified atom stereocenters. The quantitative estimate of drug-likeness (QED) is 0.539. The Bertz CT molecular complexity index is 1280. The fraction of sp³-hybridized carbons (Fsp3) is 0.429. The molecular formula is C21H22FN7O2. The Hall–Kier alpha value is -3.11. The number of aromatic nitrogens is 6. The molecule has 2 aliphatic rings. The number of aryl methyl sites for hydroxylation is 1. The summed E-state index contributed by atoms with van der Waals surface area (Å²) in [6.45, 7) is 2.91. The van der Waals surface area contributed by atoms with Gasteiger partial charge in [-0.2, -0.15) is 0 Å². The third-order valence-corrected chi connectivity index (χ3v) is 6.06. The van der Waals surface area contributed by atoms with E-state index in [2.05, 4.69) is 19.4 Å². The van der Waals surface area contributed by atoms with Gasteiger partial charge in [0.2, 0.25) is 0 Å². The number of alkyl halides is 1. The molecule has 4 aromatic heterocycles. The highest BCUT2D eigenvalue weighted by Gasteiger charge is 2.31. The third kappa shape index (κ3) is 2.97. The van der Waals surface area contributed by atoms with Crippen molar-refractivity contribution in [2.24, 2.45) is 0 Å². The highest BCUT2D eigenvalue weighted by atomic mass is 19.1. The molecule has 0 amide bonds. The largest absolute Gasteiger partial charge is 0.378 e. The molecule has 0 radical (unpaired) electrons. The summed E-state index contributed by atoms with van der Waals surface area (Å²) in [6.07, 6.45) is 4.46. The molecule has 160 valence electrons. The van der Waals surface area contributed by atoms with Gasteiger partial charge in [0.1, 0.15) is 24.8 Å². The van der Waals surface area contributed by atoms with Gasteiger partial charge in [-0.3, -0.25) is 0 Å². The zero-order chi connectivity index (χ0) is 20.9. The van der Waals surface area contributed by atoms with Crippen molar-refractivity contribution in [1.82, 2.24) is 29.5 Å². The van der Waals surface area contributed by atoms with Gasteiger partial charge in [-0.1, -0.05) is 0 Å². The van der Waals surface area contributed by atoms with Crippen LogP contribution in [0.1, 0.15) is 17.8 Å². The van der Waals surface area contributed by atoms with Gasteiger partial charge in [0.25, 0.3) is 0 Å². The molecule has 0 saturated carbocycles. The molecule has 31 heavy (non-hydrogen) atoms. The van der Waals surface area contributed by atoms with Gasteiger partial charge in [-0.05, 0) is 12.5 Å². The van der Waals surface area contributed by atoms with Gasteiger partial charge < -0.3 is 23.9 Å². The number of imidazole rings is 1. The number of nitrogens with one attached hydrogen (secondary N) is 1. The van der Waals surface area contributed by atoms with Gasteiger partial charge in [-0.25, -0.2) is 24.3 Å². The number of pyridine rings is 1. The van der Waals surface area contributed by atoms with E-state index in [0.29, 0.717) is 30.2 Å². The monoisotopic (exact) mass is 423 g/mol. The van der Waals surface area contributed by atoms with Crippen molar-refractivity contribution in [2.75, 3.05) is 31.7 Å². The first-order valence-corrected chi connectivity index (χ1v) is 10.4. The normalized spacial score (nSPS) is 17.2. The van der Waals surface area contributed by atoms with E-state index in [4.69, 9.17) is 24.4 Å². The molecule has 9 nitrogen and oxygen atoms in total. The molecule has 10 heteroatoms. The van der Waals surface area contributed by atoms with Crippen LogP contribution < -0.4 is 4.90 Å². The molecule has 6 heterocycles. The van der Waals surface area contributed by atoms with Crippen LogP contribution in [0.4, 0.5) is 10.2 Å². The van der Waals surface area contributed by atoms with Crippen molar-refractivity contribution >= 4 is 28.0 Å². The summed E-state index contributed by atoms with van der Waals surface area (Å²) in [5, 5.41) is 0.745. The SMILES string of the molecule is COC1CN(c2nc(-c3cnc4[nH]cc(CF)c4c3)nc3c2nc2n3CCCOC2)C1. The predicted octanol–water partition coefficient (Wildman–Crippen LogP) is 2.59. The maximum absolute atomic E-state index is 13.4. The van der Waals surface area contributed by atoms with Crippen molar-refractivity contribution < 1.29 is 13.9 Å². The van der Waals surface area contributed by atoms with Crippen LogP contribution in [-0.2, 0) is 29.3 Å². The highest BCUT2D eigenvalue weighted by Crippen LogP contribution is 2.32. The molecule has 1 fully saturated rings. The van der Waals surface area contributed by atoms with E-state index in [-0.39, 0.29) is 6.10 Å². The average Bonchev–Trinajstić information content (AvgIpc) is 3.25. The minimum Gasteiger partial charge on any atom is -0.378 e. The van der Waals surface area contributed by atoms with Crippen LogP contribution in [0.15, 0.2) is 18.5 Å². The van der Waals surface area contributed by atoms with Crippen molar-refractivity contribution in [3.8, 4) is 11.4 Å². The summed E-state index contributed by atoms with van der Waals surface area (Å²) in [6, 6.07) is 1.90. The van der Waals surface area contributed by atoms with E-state index in [1.165, 1.54) is 0 Å². The third-order valence-electron chi connectivity index (χ3n) is 6.06. The van der Waals surface area contributed by atoms with Gasteiger partial charge in [0.05, 0.1) is 6.10 Å². The summed E-state index contributed by atoms with van der Waals surface area (Å²) in [7, 11) is 1.72. The smallest absolute Gasteiger partial charge is 0.166 e. The Kier molecular flexibility index (Phi) is 4.35. The van der Waals surface area contributed by atoms with E-state index >= 15 is 0 Å². The first-order chi connectivity index (χ1) is 15.2. The molecular weight excluding hydrogens is 401 g/mol. The van der Waals surface area contributed by atoms with Crippen molar-refractivity contribution in [3.63, 3.8) is 0 Å². The Morgan fingerprint density at radius 1 is 1.29 bits per heavy atom. The molecule has 0 aliphatic carbocycles. The number of aromatic amines is 1. The highest BCUT2D eigenvalue weighted by molar-refractivity contribution is 5.88. The molecule has 0 bridgehead atoms. The number of hydrogen-bond acceptors (Lipinski definition) is 7. The summed E-state index contributed by atoms with van der Waals surface area (Å²) in [5.41, 5.74) is 3.54. The summed E-state index contributed by atoms with van der Waals surface area (Å²) >= 11 is 0. The standard InChI is InChI=1S/C21H22FN7O2/c1-30-14-9-28(10-14)20-17-21(29-3-2-4-31-11-16(29)25-17)27-18(26-20)12-5-15-13(6-22)8-24-19(15)23-7-12/h5,7-8,14H,2-4,6,9-11H2,1H3,(H,23,24). The molecule has 1 saturated heterocycles. The van der Waals surface area contributed by atoms with Gasteiger partial charge in [0.15, 0.2) is 22.8 Å². The molecule has 6 rings (SSSR count). The summed E-state index contributed by atoms with van der Waals surface area (Å²) < 4.78 is 26.7. The molecule has 4 aromatic rings. The average molecular weight is 423 g/mol. The number of fused-ring (bicyclic) bond motifs is 4. The zero-order valence-corrected chi connectivity index (χ0v) is 17.1. The second-order valence-corrected chi connectivity index (χ2v) is 7.96. The number of anilines is 1. The van der Waals surface area contributed by atoms with Gasteiger partial charge >= 0.3 is 0 Å². The van der Waals surface area contributed by atoms with Crippen molar-refractivity contribution in [1.29, 1.82) is 0 Å². The summed E-state index contributed by atoms with van der Waals surface area (Å²) in [5.74, 6) is 2.20. The Balaban J connectivity index is 1.53. The van der Waals surface area contributed by atoms with E-state index in [9.17, 15) is 4.39 Å². The van der Waals surface area contributed by atoms with Crippen LogP contribution in [-0.4, -0.2) is 62.4 Å². The van der Waals surface area contributed by atoms with Crippen LogP contribution in [0, 0.1) is 0 Å². The van der Waals surface area contributed by atoms with E-state index < -0.39 is 6.67 Å². The van der Waals surface area contributed by atoms with Crippen LogP contribution in [0.5, 0.6) is 0 Å². The lowest BCUT2D eigenvalue weighted by Crippen LogP contribution is -2.52. The van der Waals surface area contributed by atoms with Crippen LogP contribution in [0.3, 0.4) is 0 Å². The zero-order valence-electron chi connectivity index (χ0n) is 17.1. The van der Waals surface area contributed by atoms with Crippen molar-refractivity contribution in [2.45, 2.75) is 32.4 Å². The second-order valence-electron chi connectivity index (χ2n) is 7.96. The van der Waals surface area contributed by atoms with Crippen LogP contribution >= 0.6 is 0 Å². The van der Waals surface area contributed by atoms with E-state index in [1.54, 1.807) is 19.5 Å². The second kappa shape index (κ2) is 7.24. The van der Waals surface area contributed by atoms with Crippen LogP contribution in [0.2, 0.25) is 0 Å². The maximum Gasteiger partial charge on any atom is 0.166 e. The summed E-state index contributed by atoms with van der Waals surface area (Å²) in [4.78, 5) is 24.2. The van der Waals surface area contributed by atoms with Crippen LogP contribution in [0.25, 0.3) is 33.6 Å². The number of nitrogens with zero attached hydrogens (tertiary/aromatic N) is 6. The molecule has 0 atom stereocenters. The Morgan fingerprint density at radius 3 is 3.03 bits per heavy atom. The predicted molar refractivity (Wildman–Crippen MR) is 113 cm³/mol. The van der Waals surface area contributed by atoms with E-state index in [0.717, 1.165) is 59.8 Å². The topological polar surface area (TPSA) is 94.0 Å². The molecule has 0 spiro atoms. The number of hydrogen-bond donors (Lipinski definition) is 1. The fourth-order valence-corrected chi connectivity index (χ4v) is 4.27. The van der Waals surface area contributed by atoms with Gasteiger partial charge in [-0.15, -0.1) is 0 Å². The lowest BCUT2D eigenvalue weighted by Gasteiger charge is -2.39. The van der Waals surface area contributed by atoms with E-state index in [1.807, 2.05) is 6.07 Å². The number of ether oxygens (including phenoxy) is 2. The minimum atomic E-state index is -0.557. The number of halogens is 1. The molecule has 2 aliphatic heterocycles. The number of H-pyrrole nitrogens is 1. The minimum absolute atomic E-state index is 0.183. The fourth-order valence-electron chi connectivity index (χ4n) is 4.27.